The number of benzene rings is 1. The Balaban J connectivity index is 2.23. The molecule has 0 aromatic heterocycles. The SMILES string of the molecule is CCC1CCCC(C(C)(O)c2cccc(C#N)c2)C1. The maximum absolute atomic E-state index is 10.9. The lowest BCUT2D eigenvalue weighted by Crippen LogP contribution is -2.35. The summed E-state index contributed by atoms with van der Waals surface area (Å²) < 4.78 is 0. The zero-order valence-corrected chi connectivity index (χ0v) is 11.9. The van der Waals surface area contributed by atoms with Crippen LogP contribution >= 0.6 is 0 Å². The van der Waals surface area contributed by atoms with Crippen LogP contribution in [0.1, 0.15) is 57.1 Å². The van der Waals surface area contributed by atoms with Gasteiger partial charge in [-0.1, -0.05) is 38.3 Å². The van der Waals surface area contributed by atoms with Crippen molar-refractivity contribution in [2.24, 2.45) is 11.8 Å². The third-order valence-electron chi connectivity index (χ3n) is 4.73. The standard InChI is InChI=1S/C17H23NO/c1-3-13-6-4-8-15(10-13)17(2,19)16-9-5-7-14(11-16)12-18/h5,7,9,11,13,15,19H,3-4,6,8,10H2,1-2H3. The lowest BCUT2D eigenvalue weighted by Gasteiger charge is -2.39. The van der Waals surface area contributed by atoms with Crippen LogP contribution in [0, 0.1) is 23.2 Å². The molecule has 1 aromatic rings. The van der Waals surface area contributed by atoms with Crippen molar-refractivity contribution in [3.05, 3.63) is 35.4 Å². The van der Waals surface area contributed by atoms with E-state index in [2.05, 4.69) is 13.0 Å². The average Bonchev–Trinajstić information content (AvgIpc) is 2.47. The van der Waals surface area contributed by atoms with E-state index in [0.29, 0.717) is 11.5 Å². The summed E-state index contributed by atoms with van der Waals surface area (Å²) in [6.45, 7) is 4.14. The second-order valence-electron chi connectivity index (χ2n) is 5.98. The fraction of sp³-hybridized carbons (Fsp3) is 0.588. The van der Waals surface area contributed by atoms with Crippen LogP contribution in [0.2, 0.25) is 0 Å². The van der Waals surface area contributed by atoms with Crippen LogP contribution in [0.15, 0.2) is 24.3 Å². The fourth-order valence-electron chi connectivity index (χ4n) is 3.31. The molecule has 1 aliphatic carbocycles. The summed E-state index contributed by atoms with van der Waals surface area (Å²) >= 11 is 0. The minimum atomic E-state index is -0.819. The lowest BCUT2D eigenvalue weighted by molar-refractivity contribution is -0.0312. The van der Waals surface area contributed by atoms with Gasteiger partial charge in [-0.15, -0.1) is 0 Å². The summed E-state index contributed by atoms with van der Waals surface area (Å²) in [5, 5.41) is 19.9. The molecule has 0 amide bonds. The van der Waals surface area contributed by atoms with Gasteiger partial charge in [-0.3, -0.25) is 0 Å². The number of rotatable bonds is 3. The first kappa shape index (κ1) is 14.1. The average molecular weight is 257 g/mol. The van der Waals surface area contributed by atoms with Crippen LogP contribution in [-0.2, 0) is 5.60 Å². The maximum atomic E-state index is 10.9. The quantitative estimate of drug-likeness (QED) is 0.890. The Hall–Kier alpha value is -1.33. The number of nitrogens with zero attached hydrogens (tertiary/aromatic N) is 1. The van der Waals surface area contributed by atoms with E-state index in [1.807, 2.05) is 25.1 Å². The van der Waals surface area contributed by atoms with Crippen molar-refractivity contribution in [3.63, 3.8) is 0 Å². The molecule has 2 heteroatoms. The van der Waals surface area contributed by atoms with Crippen LogP contribution in [0.5, 0.6) is 0 Å². The first-order valence-corrected chi connectivity index (χ1v) is 7.31. The van der Waals surface area contributed by atoms with Gasteiger partial charge in [-0.2, -0.15) is 5.26 Å². The summed E-state index contributed by atoms with van der Waals surface area (Å²) in [6.07, 6.45) is 5.88. The Bertz CT molecular complexity index is 472. The number of hydrogen-bond acceptors (Lipinski definition) is 2. The Morgan fingerprint density at radius 1 is 1.42 bits per heavy atom. The third kappa shape index (κ3) is 2.98. The molecule has 2 nitrogen and oxygen atoms in total. The van der Waals surface area contributed by atoms with Gasteiger partial charge < -0.3 is 5.11 Å². The Kier molecular flexibility index (Phi) is 4.27. The van der Waals surface area contributed by atoms with E-state index in [1.54, 1.807) is 6.07 Å². The van der Waals surface area contributed by atoms with Crippen molar-refractivity contribution in [1.29, 1.82) is 5.26 Å². The molecule has 0 aliphatic heterocycles. The number of aliphatic hydroxyl groups is 1. The monoisotopic (exact) mass is 257 g/mol. The first-order chi connectivity index (χ1) is 9.07. The Morgan fingerprint density at radius 2 is 2.21 bits per heavy atom. The van der Waals surface area contributed by atoms with Crippen molar-refractivity contribution < 1.29 is 5.11 Å². The second kappa shape index (κ2) is 5.75. The molecule has 3 unspecified atom stereocenters. The molecular weight excluding hydrogens is 234 g/mol. The molecule has 1 fully saturated rings. The third-order valence-corrected chi connectivity index (χ3v) is 4.73. The van der Waals surface area contributed by atoms with Gasteiger partial charge in [0, 0.05) is 0 Å². The minimum Gasteiger partial charge on any atom is -0.385 e. The van der Waals surface area contributed by atoms with Crippen molar-refractivity contribution in [2.45, 2.75) is 51.6 Å². The molecule has 0 radical (unpaired) electrons. The van der Waals surface area contributed by atoms with Gasteiger partial charge >= 0.3 is 0 Å². The van der Waals surface area contributed by atoms with E-state index < -0.39 is 5.60 Å². The number of nitriles is 1. The molecule has 1 saturated carbocycles. The molecule has 2 rings (SSSR count). The van der Waals surface area contributed by atoms with Crippen LogP contribution in [0.3, 0.4) is 0 Å². The van der Waals surface area contributed by atoms with Crippen LogP contribution in [0.25, 0.3) is 0 Å². The molecule has 1 N–H and O–H groups in total. The van der Waals surface area contributed by atoms with Gasteiger partial charge in [-0.25, -0.2) is 0 Å². The highest BCUT2D eigenvalue weighted by Crippen LogP contribution is 2.42. The van der Waals surface area contributed by atoms with Gasteiger partial charge in [-0.05, 0) is 49.3 Å². The highest BCUT2D eigenvalue weighted by Gasteiger charge is 2.36. The van der Waals surface area contributed by atoms with Crippen molar-refractivity contribution >= 4 is 0 Å². The predicted molar refractivity (Wildman–Crippen MR) is 76.5 cm³/mol. The maximum Gasteiger partial charge on any atom is 0.0991 e. The Labute approximate surface area is 116 Å². The molecule has 1 aromatic carbocycles. The van der Waals surface area contributed by atoms with Crippen LogP contribution < -0.4 is 0 Å². The van der Waals surface area contributed by atoms with E-state index in [0.717, 1.165) is 24.3 Å². The van der Waals surface area contributed by atoms with E-state index in [4.69, 9.17) is 5.26 Å². The molecular formula is C17H23NO. The first-order valence-electron chi connectivity index (χ1n) is 7.31. The van der Waals surface area contributed by atoms with Gasteiger partial charge in [0.2, 0.25) is 0 Å². The summed E-state index contributed by atoms with van der Waals surface area (Å²) in [4.78, 5) is 0. The largest absolute Gasteiger partial charge is 0.385 e. The fourth-order valence-corrected chi connectivity index (χ4v) is 3.31. The summed E-state index contributed by atoms with van der Waals surface area (Å²) in [5.41, 5.74) is 0.690. The van der Waals surface area contributed by atoms with Gasteiger partial charge in [0.25, 0.3) is 0 Å². The molecule has 0 heterocycles. The van der Waals surface area contributed by atoms with Gasteiger partial charge in [0.1, 0.15) is 0 Å². The van der Waals surface area contributed by atoms with E-state index >= 15 is 0 Å². The van der Waals surface area contributed by atoms with Crippen molar-refractivity contribution in [3.8, 4) is 6.07 Å². The zero-order valence-electron chi connectivity index (χ0n) is 11.9. The molecule has 102 valence electrons. The van der Waals surface area contributed by atoms with Gasteiger partial charge in [0.15, 0.2) is 0 Å². The van der Waals surface area contributed by atoms with Crippen LogP contribution in [-0.4, -0.2) is 5.11 Å². The number of hydrogen-bond donors (Lipinski definition) is 1. The Morgan fingerprint density at radius 3 is 2.89 bits per heavy atom. The van der Waals surface area contributed by atoms with E-state index in [9.17, 15) is 5.11 Å². The summed E-state index contributed by atoms with van der Waals surface area (Å²) in [7, 11) is 0. The smallest absolute Gasteiger partial charge is 0.0991 e. The lowest BCUT2D eigenvalue weighted by atomic mass is 9.70. The summed E-state index contributed by atoms with van der Waals surface area (Å²) in [5.74, 6) is 1.05. The zero-order chi connectivity index (χ0) is 13.9. The molecule has 0 saturated heterocycles. The van der Waals surface area contributed by atoms with Gasteiger partial charge in [0.05, 0.1) is 17.2 Å². The molecule has 3 atom stereocenters. The van der Waals surface area contributed by atoms with E-state index in [1.165, 1.54) is 19.3 Å². The van der Waals surface area contributed by atoms with Crippen molar-refractivity contribution in [1.82, 2.24) is 0 Å². The van der Waals surface area contributed by atoms with Crippen molar-refractivity contribution in [2.75, 3.05) is 0 Å². The van der Waals surface area contributed by atoms with Crippen LogP contribution in [0.4, 0.5) is 0 Å². The molecule has 19 heavy (non-hydrogen) atoms. The summed E-state index contributed by atoms with van der Waals surface area (Å²) in [6, 6.07) is 9.57. The highest BCUT2D eigenvalue weighted by atomic mass is 16.3. The molecule has 0 bridgehead atoms. The minimum absolute atomic E-state index is 0.306. The normalized spacial score (nSPS) is 26.4. The molecule has 1 aliphatic rings. The molecule has 0 spiro atoms. The second-order valence-corrected chi connectivity index (χ2v) is 5.98. The topological polar surface area (TPSA) is 44.0 Å². The predicted octanol–water partition coefficient (Wildman–Crippen LogP) is 3.98. The van der Waals surface area contributed by atoms with E-state index in [-0.39, 0.29) is 0 Å². The highest BCUT2D eigenvalue weighted by molar-refractivity contribution is 5.35.